The highest BCUT2D eigenvalue weighted by molar-refractivity contribution is 7.88. The Morgan fingerprint density at radius 2 is 1.68 bits per heavy atom. The minimum absolute atomic E-state index is 0.116. The fourth-order valence-electron chi connectivity index (χ4n) is 1.92. The third-order valence-electron chi connectivity index (χ3n) is 3.05. The van der Waals surface area contributed by atoms with Gasteiger partial charge < -0.3 is 9.92 Å². The summed E-state index contributed by atoms with van der Waals surface area (Å²) < 4.78 is 78.3. The number of benzene rings is 1. The molecule has 136 valence electrons. The Kier molecular flexibility index (Phi) is 4.89. The van der Waals surface area contributed by atoms with Crippen molar-refractivity contribution in [2.45, 2.75) is 25.3 Å². The van der Waals surface area contributed by atoms with Gasteiger partial charge in [0, 0.05) is 5.56 Å². The molecule has 2 aromatic rings. The first-order valence-corrected chi connectivity index (χ1v) is 8.27. The molecule has 0 aliphatic rings. The van der Waals surface area contributed by atoms with Crippen LogP contribution in [0.15, 0.2) is 24.3 Å². The molecular formula is C14H13F4N3O3S. The first kappa shape index (κ1) is 18.9. The maximum atomic E-state index is 13.1. The Morgan fingerprint density at radius 3 is 2.16 bits per heavy atom. The van der Waals surface area contributed by atoms with Crippen LogP contribution in [0.2, 0.25) is 0 Å². The van der Waals surface area contributed by atoms with E-state index in [2.05, 4.69) is 14.2 Å². The molecule has 0 fully saturated rings. The van der Waals surface area contributed by atoms with E-state index >= 15 is 0 Å². The molecule has 2 rings (SSSR count). The van der Waals surface area contributed by atoms with Crippen molar-refractivity contribution in [3.63, 3.8) is 0 Å². The van der Waals surface area contributed by atoms with Gasteiger partial charge in [0.2, 0.25) is 5.95 Å². The van der Waals surface area contributed by atoms with Crippen LogP contribution in [0, 0.1) is 5.82 Å². The van der Waals surface area contributed by atoms with Crippen LogP contribution < -0.4 is 9.92 Å². The summed E-state index contributed by atoms with van der Waals surface area (Å²) in [6, 6.07) is 4.47. The molecule has 0 atom stereocenters. The van der Waals surface area contributed by atoms with Gasteiger partial charge in [-0.2, -0.15) is 21.6 Å². The van der Waals surface area contributed by atoms with Crippen LogP contribution in [0.4, 0.5) is 23.5 Å². The number of nitrogens with two attached hydrogens (primary N) is 1. The maximum absolute atomic E-state index is 13.1. The zero-order valence-electron chi connectivity index (χ0n) is 13.0. The minimum atomic E-state index is -5.95. The van der Waals surface area contributed by atoms with Gasteiger partial charge >= 0.3 is 15.6 Å². The van der Waals surface area contributed by atoms with Crippen molar-refractivity contribution in [3.05, 3.63) is 35.8 Å². The SMILES string of the molecule is CC(C)c1nc(N)nc(-c2ccc(F)cc2)c1OS(=O)(=O)C(F)(F)F. The smallest absolute Gasteiger partial charge is 0.372 e. The molecule has 0 unspecified atom stereocenters. The van der Waals surface area contributed by atoms with Gasteiger partial charge in [-0.25, -0.2) is 14.4 Å². The Balaban J connectivity index is 2.73. The Labute approximate surface area is 140 Å². The van der Waals surface area contributed by atoms with Crippen LogP contribution >= 0.6 is 0 Å². The number of nitrogen functional groups attached to an aromatic ring is 1. The molecule has 1 aromatic heterocycles. The van der Waals surface area contributed by atoms with E-state index < -0.39 is 33.1 Å². The van der Waals surface area contributed by atoms with E-state index in [0.29, 0.717) is 0 Å². The lowest BCUT2D eigenvalue weighted by molar-refractivity contribution is -0.0500. The number of hydrogen-bond acceptors (Lipinski definition) is 6. The predicted octanol–water partition coefficient (Wildman–Crippen LogP) is 3.22. The summed E-state index contributed by atoms with van der Waals surface area (Å²) in [5.74, 6) is -2.11. The lowest BCUT2D eigenvalue weighted by atomic mass is 10.0. The van der Waals surface area contributed by atoms with Crippen LogP contribution in [0.25, 0.3) is 11.3 Å². The van der Waals surface area contributed by atoms with E-state index in [9.17, 15) is 26.0 Å². The summed E-state index contributed by atoms with van der Waals surface area (Å²) in [5.41, 5.74) is -0.375. The van der Waals surface area contributed by atoms with Crippen molar-refractivity contribution in [1.82, 2.24) is 9.97 Å². The lowest BCUT2D eigenvalue weighted by Crippen LogP contribution is -2.29. The van der Waals surface area contributed by atoms with Crippen LogP contribution in [0.3, 0.4) is 0 Å². The van der Waals surface area contributed by atoms with Crippen molar-refractivity contribution in [1.29, 1.82) is 0 Å². The quantitative estimate of drug-likeness (QED) is 0.498. The summed E-state index contributed by atoms with van der Waals surface area (Å²) in [4.78, 5) is 7.55. The van der Waals surface area contributed by atoms with Crippen LogP contribution in [-0.2, 0) is 10.1 Å². The monoisotopic (exact) mass is 379 g/mol. The van der Waals surface area contributed by atoms with E-state index in [1.807, 2.05) is 0 Å². The van der Waals surface area contributed by atoms with Gasteiger partial charge in [-0.1, -0.05) is 13.8 Å². The topological polar surface area (TPSA) is 95.2 Å². The molecule has 0 bridgehead atoms. The molecule has 0 radical (unpaired) electrons. The number of rotatable bonds is 4. The van der Waals surface area contributed by atoms with Crippen molar-refractivity contribution < 1.29 is 30.2 Å². The normalized spacial score (nSPS) is 12.4. The third kappa shape index (κ3) is 3.98. The van der Waals surface area contributed by atoms with Gasteiger partial charge in [-0.05, 0) is 30.2 Å². The standard InChI is InChI=1S/C14H13F4N3O3S/c1-7(2)10-12(24-25(22,23)14(16,17)18)11(21-13(19)20-10)8-3-5-9(15)6-4-8/h3-7H,1-2H3,(H2,19,20,21). The zero-order valence-corrected chi connectivity index (χ0v) is 13.8. The van der Waals surface area contributed by atoms with Gasteiger partial charge in [0.15, 0.2) is 5.75 Å². The Hall–Kier alpha value is -2.43. The van der Waals surface area contributed by atoms with Crippen molar-refractivity contribution in [3.8, 4) is 17.0 Å². The number of alkyl halides is 3. The van der Waals surface area contributed by atoms with Crippen molar-refractivity contribution >= 4 is 16.1 Å². The highest BCUT2D eigenvalue weighted by Crippen LogP contribution is 2.38. The maximum Gasteiger partial charge on any atom is 0.534 e. The molecule has 1 aromatic carbocycles. The molecule has 0 aliphatic carbocycles. The predicted molar refractivity (Wildman–Crippen MR) is 81.5 cm³/mol. The molecule has 0 amide bonds. The van der Waals surface area contributed by atoms with E-state index in [-0.39, 0.29) is 22.9 Å². The first-order chi connectivity index (χ1) is 11.4. The van der Waals surface area contributed by atoms with Crippen LogP contribution in [0.5, 0.6) is 5.75 Å². The zero-order chi connectivity index (χ0) is 19.0. The fourth-order valence-corrected chi connectivity index (χ4v) is 2.40. The molecule has 6 nitrogen and oxygen atoms in total. The summed E-state index contributed by atoms with van der Waals surface area (Å²) in [5, 5.41) is 0. The van der Waals surface area contributed by atoms with E-state index in [1.54, 1.807) is 13.8 Å². The number of hydrogen-bond donors (Lipinski definition) is 1. The van der Waals surface area contributed by atoms with Gasteiger partial charge in [0.25, 0.3) is 0 Å². The molecule has 0 saturated heterocycles. The van der Waals surface area contributed by atoms with E-state index in [4.69, 9.17) is 5.73 Å². The summed E-state index contributed by atoms with van der Waals surface area (Å²) in [6.07, 6.45) is 0. The third-order valence-corrected chi connectivity index (χ3v) is 4.00. The Morgan fingerprint density at radius 1 is 1.12 bits per heavy atom. The highest BCUT2D eigenvalue weighted by Gasteiger charge is 2.49. The largest absolute Gasteiger partial charge is 0.534 e. The average molecular weight is 379 g/mol. The molecule has 0 aliphatic heterocycles. The second kappa shape index (κ2) is 6.47. The van der Waals surface area contributed by atoms with Gasteiger partial charge in [-0.15, -0.1) is 0 Å². The number of anilines is 1. The molecule has 1 heterocycles. The lowest BCUT2D eigenvalue weighted by Gasteiger charge is -2.17. The average Bonchev–Trinajstić information content (AvgIpc) is 2.48. The Bertz CT molecular complexity index is 881. The summed E-state index contributed by atoms with van der Waals surface area (Å²) in [6.45, 7) is 3.12. The summed E-state index contributed by atoms with van der Waals surface area (Å²) in [7, 11) is -5.95. The van der Waals surface area contributed by atoms with Gasteiger partial charge in [-0.3, -0.25) is 0 Å². The van der Waals surface area contributed by atoms with E-state index in [0.717, 1.165) is 12.1 Å². The van der Waals surface area contributed by atoms with Crippen molar-refractivity contribution in [2.75, 3.05) is 5.73 Å². The fraction of sp³-hybridized carbons (Fsp3) is 0.286. The number of nitrogens with zero attached hydrogens (tertiary/aromatic N) is 2. The van der Waals surface area contributed by atoms with Crippen LogP contribution in [-0.4, -0.2) is 23.9 Å². The molecule has 0 spiro atoms. The van der Waals surface area contributed by atoms with Crippen LogP contribution in [0.1, 0.15) is 25.5 Å². The van der Waals surface area contributed by atoms with Gasteiger partial charge in [0.1, 0.15) is 11.5 Å². The minimum Gasteiger partial charge on any atom is -0.372 e. The summed E-state index contributed by atoms with van der Waals surface area (Å²) >= 11 is 0. The molecule has 2 N–H and O–H groups in total. The van der Waals surface area contributed by atoms with Gasteiger partial charge in [0.05, 0.1) is 5.69 Å². The highest BCUT2D eigenvalue weighted by atomic mass is 32.2. The molecular weight excluding hydrogens is 366 g/mol. The molecule has 11 heteroatoms. The number of halogens is 4. The van der Waals surface area contributed by atoms with E-state index in [1.165, 1.54) is 12.1 Å². The first-order valence-electron chi connectivity index (χ1n) is 6.86. The number of aromatic nitrogens is 2. The molecule has 0 saturated carbocycles. The van der Waals surface area contributed by atoms with Crippen molar-refractivity contribution in [2.24, 2.45) is 0 Å². The molecule has 25 heavy (non-hydrogen) atoms. The second-order valence-corrected chi connectivity index (χ2v) is 6.83. The second-order valence-electron chi connectivity index (χ2n) is 5.29.